The zero-order valence-corrected chi connectivity index (χ0v) is 7.88. The quantitative estimate of drug-likeness (QED) is 0.503. The first-order chi connectivity index (χ1) is 6.11. The summed E-state index contributed by atoms with van der Waals surface area (Å²) in [5.74, 6) is -0.686. The number of rotatable bonds is 6. The molecule has 0 aliphatic carbocycles. The van der Waals surface area contributed by atoms with Gasteiger partial charge in [0, 0.05) is 6.42 Å². The summed E-state index contributed by atoms with van der Waals surface area (Å²) in [6.07, 6.45) is 1.55. The molecule has 0 aliphatic rings. The van der Waals surface area contributed by atoms with E-state index >= 15 is 0 Å². The minimum absolute atomic E-state index is 0.153. The SMILES string of the molecule is CCCC(=O)N[C@@H](CCN)C(N)=O. The van der Waals surface area contributed by atoms with Gasteiger partial charge in [0.2, 0.25) is 11.8 Å². The Labute approximate surface area is 77.8 Å². The van der Waals surface area contributed by atoms with Crippen LogP contribution in [-0.4, -0.2) is 24.4 Å². The molecule has 0 fully saturated rings. The third kappa shape index (κ3) is 5.19. The number of hydrogen-bond donors (Lipinski definition) is 3. The molecule has 0 radical (unpaired) electrons. The lowest BCUT2D eigenvalue weighted by Gasteiger charge is -2.13. The van der Waals surface area contributed by atoms with E-state index < -0.39 is 11.9 Å². The highest BCUT2D eigenvalue weighted by Gasteiger charge is 2.15. The molecule has 1 atom stereocenters. The van der Waals surface area contributed by atoms with E-state index in [4.69, 9.17) is 11.5 Å². The van der Waals surface area contributed by atoms with Crippen molar-refractivity contribution in [1.82, 2.24) is 5.32 Å². The molecule has 0 aromatic rings. The van der Waals surface area contributed by atoms with Crippen molar-refractivity contribution in [2.75, 3.05) is 6.54 Å². The van der Waals surface area contributed by atoms with E-state index in [1.165, 1.54) is 0 Å². The molecule has 0 bridgehead atoms. The molecule has 0 unspecified atom stereocenters. The second-order valence-electron chi connectivity index (χ2n) is 2.85. The van der Waals surface area contributed by atoms with Gasteiger partial charge in [0.05, 0.1) is 0 Å². The Balaban J connectivity index is 3.94. The van der Waals surface area contributed by atoms with Crippen molar-refractivity contribution >= 4 is 11.8 Å². The van der Waals surface area contributed by atoms with Gasteiger partial charge < -0.3 is 16.8 Å². The van der Waals surface area contributed by atoms with Crippen LogP contribution in [0.2, 0.25) is 0 Å². The van der Waals surface area contributed by atoms with Gasteiger partial charge >= 0.3 is 0 Å². The second-order valence-corrected chi connectivity index (χ2v) is 2.85. The third-order valence-corrected chi connectivity index (χ3v) is 1.61. The molecule has 0 saturated heterocycles. The Morgan fingerprint density at radius 2 is 2.08 bits per heavy atom. The summed E-state index contributed by atoms with van der Waals surface area (Å²) in [5, 5.41) is 2.52. The average Bonchev–Trinajstić information content (AvgIpc) is 2.04. The normalized spacial score (nSPS) is 12.2. The van der Waals surface area contributed by atoms with Gasteiger partial charge in [-0.2, -0.15) is 0 Å². The van der Waals surface area contributed by atoms with Crippen molar-refractivity contribution in [2.24, 2.45) is 11.5 Å². The van der Waals surface area contributed by atoms with Crippen molar-refractivity contribution in [3.05, 3.63) is 0 Å². The number of nitrogens with two attached hydrogens (primary N) is 2. The smallest absolute Gasteiger partial charge is 0.240 e. The lowest BCUT2D eigenvalue weighted by Crippen LogP contribution is -2.45. The van der Waals surface area contributed by atoms with E-state index in [1.54, 1.807) is 0 Å². The summed E-state index contributed by atoms with van der Waals surface area (Å²) in [4.78, 5) is 21.9. The summed E-state index contributed by atoms with van der Waals surface area (Å²) < 4.78 is 0. The maximum Gasteiger partial charge on any atom is 0.240 e. The molecule has 76 valence electrons. The van der Waals surface area contributed by atoms with Gasteiger partial charge in [0.1, 0.15) is 6.04 Å². The van der Waals surface area contributed by atoms with E-state index in [9.17, 15) is 9.59 Å². The molecule has 5 N–H and O–H groups in total. The molecule has 0 rings (SSSR count). The van der Waals surface area contributed by atoms with Crippen LogP contribution in [0.5, 0.6) is 0 Å². The number of carbonyl (C=O) groups is 2. The van der Waals surface area contributed by atoms with Gasteiger partial charge in [0.25, 0.3) is 0 Å². The van der Waals surface area contributed by atoms with E-state index in [0.717, 1.165) is 6.42 Å². The Morgan fingerprint density at radius 1 is 1.46 bits per heavy atom. The number of hydrogen-bond acceptors (Lipinski definition) is 3. The summed E-state index contributed by atoms with van der Waals surface area (Å²) in [6.45, 7) is 2.22. The van der Waals surface area contributed by atoms with Gasteiger partial charge in [-0.3, -0.25) is 9.59 Å². The molecule has 0 aromatic heterocycles. The minimum atomic E-state index is -0.621. The lowest BCUT2D eigenvalue weighted by atomic mass is 10.2. The van der Waals surface area contributed by atoms with Gasteiger partial charge in [-0.15, -0.1) is 0 Å². The van der Waals surface area contributed by atoms with Crippen LogP contribution in [0.3, 0.4) is 0 Å². The van der Waals surface area contributed by atoms with E-state index in [1.807, 2.05) is 6.92 Å². The lowest BCUT2D eigenvalue weighted by molar-refractivity contribution is -0.127. The number of amides is 2. The molecule has 2 amide bonds. The first-order valence-corrected chi connectivity index (χ1v) is 4.40. The van der Waals surface area contributed by atoms with E-state index in [-0.39, 0.29) is 5.91 Å². The second kappa shape index (κ2) is 6.42. The predicted molar refractivity (Wildman–Crippen MR) is 49.7 cm³/mol. The van der Waals surface area contributed by atoms with Crippen LogP contribution >= 0.6 is 0 Å². The van der Waals surface area contributed by atoms with Crippen molar-refractivity contribution in [1.29, 1.82) is 0 Å². The maximum atomic E-state index is 11.1. The van der Waals surface area contributed by atoms with E-state index in [0.29, 0.717) is 19.4 Å². The highest BCUT2D eigenvalue weighted by Crippen LogP contribution is 1.92. The molecule has 0 aromatic carbocycles. The highest BCUT2D eigenvalue weighted by atomic mass is 16.2. The fourth-order valence-electron chi connectivity index (χ4n) is 0.946. The van der Waals surface area contributed by atoms with Crippen molar-refractivity contribution in [3.63, 3.8) is 0 Å². The van der Waals surface area contributed by atoms with Crippen LogP contribution in [0.4, 0.5) is 0 Å². The number of carbonyl (C=O) groups excluding carboxylic acids is 2. The fraction of sp³-hybridized carbons (Fsp3) is 0.750. The third-order valence-electron chi connectivity index (χ3n) is 1.61. The summed E-state index contributed by atoms with van der Waals surface area (Å²) in [6, 6.07) is -0.621. The molecule has 0 saturated carbocycles. The molecule has 0 heterocycles. The molecule has 0 aliphatic heterocycles. The zero-order valence-electron chi connectivity index (χ0n) is 7.88. The predicted octanol–water partition coefficient (Wildman–Crippen LogP) is -0.895. The fourth-order valence-corrected chi connectivity index (χ4v) is 0.946. The van der Waals surface area contributed by atoms with Crippen LogP contribution in [0, 0.1) is 0 Å². The first kappa shape index (κ1) is 11.9. The average molecular weight is 187 g/mol. The Morgan fingerprint density at radius 3 is 2.46 bits per heavy atom. The topological polar surface area (TPSA) is 98.2 Å². The van der Waals surface area contributed by atoms with Crippen molar-refractivity contribution in [2.45, 2.75) is 32.2 Å². The van der Waals surface area contributed by atoms with Gasteiger partial charge in [-0.25, -0.2) is 0 Å². The molecule has 13 heavy (non-hydrogen) atoms. The van der Waals surface area contributed by atoms with Crippen LogP contribution in [0.15, 0.2) is 0 Å². The molecular weight excluding hydrogens is 170 g/mol. The van der Waals surface area contributed by atoms with E-state index in [2.05, 4.69) is 5.32 Å². The Kier molecular flexibility index (Phi) is 5.88. The largest absolute Gasteiger partial charge is 0.368 e. The van der Waals surface area contributed by atoms with Gasteiger partial charge in [-0.05, 0) is 19.4 Å². The highest BCUT2D eigenvalue weighted by molar-refractivity contribution is 5.86. The van der Waals surface area contributed by atoms with Crippen molar-refractivity contribution < 1.29 is 9.59 Å². The van der Waals surface area contributed by atoms with Crippen molar-refractivity contribution in [3.8, 4) is 0 Å². The minimum Gasteiger partial charge on any atom is -0.368 e. The maximum absolute atomic E-state index is 11.1. The Hall–Kier alpha value is -1.10. The monoisotopic (exact) mass is 187 g/mol. The van der Waals surface area contributed by atoms with Crippen LogP contribution in [0.25, 0.3) is 0 Å². The van der Waals surface area contributed by atoms with Crippen LogP contribution in [0.1, 0.15) is 26.2 Å². The summed E-state index contributed by atoms with van der Waals surface area (Å²) >= 11 is 0. The summed E-state index contributed by atoms with van der Waals surface area (Å²) in [5.41, 5.74) is 10.3. The number of nitrogens with one attached hydrogen (secondary N) is 1. The number of primary amides is 1. The first-order valence-electron chi connectivity index (χ1n) is 4.40. The Bertz CT molecular complexity index is 182. The van der Waals surface area contributed by atoms with Crippen LogP contribution in [-0.2, 0) is 9.59 Å². The zero-order chi connectivity index (χ0) is 10.3. The molecular formula is C8H17N3O2. The van der Waals surface area contributed by atoms with Gasteiger partial charge in [0.15, 0.2) is 0 Å². The summed E-state index contributed by atoms with van der Waals surface area (Å²) in [7, 11) is 0. The molecule has 0 spiro atoms. The molecule has 5 nitrogen and oxygen atoms in total. The van der Waals surface area contributed by atoms with Crippen LogP contribution < -0.4 is 16.8 Å². The molecule has 5 heteroatoms. The standard InChI is InChI=1S/C8H17N3O2/c1-2-3-7(12)11-6(4-5-9)8(10)13/h6H,2-5,9H2,1H3,(H2,10,13)(H,11,12)/t6-/m0/s1. The van der Waals surface area contributed by atoms with Gasteiger partial charge in [-0.1, -0.05) is 6.92 Å².